The number of rotatable bonds is 3. The molecule has 0 aliphatic heterocycles. The molecule has 3 rings (SSSR count). The molecule has 2 aromatic rings. The third-order valence-electron chi connectivity index (χ3n) is 3.83. The smallest absolute Gasteiger partial charge is 0.158 e. The maximum absolute atomic E-state index is 12.0. The molecule has 1 aliphatic rings. The average Bonchev–Trinajstić information content (AvgIpc) is 2.50. The number of allylic oxidation sites excluding steroid dienone is 2. The molecule has 0 aromatic heterocycles. The number of nitrogens with two attached hydrogens (primary N) is 1. The second-order valence-corrected chi connectivity index (χ2v) is 5.94. The maximum Gasteiger partial charge on any atom is 0.158 e. The zero-order valence-corrected chi connectivity index (χ0v) is 12.8. The van der Waals surface area contributed by atoms with Crippen molar-refractivity contribution in [3.05, 3.63) is 70.9 Å². The van der Waals surface area contributed by atoms with E-state index in [9.17, 15) is 4.79 Å². The van der Waals surface area contributed by atoms with Crippen molar-refractivity contribution in [3.63, 3.8) is 0 Å². The first kappa shape index (κ1) is 14.7. The summed E-state index contributed by atoms with van der Waals surface area (Å²) in [4.78, 5) is 12.0. The lowest BCUT2D eigenvalue weighted by atomic mass is 9.85. The highest BCUT2D eigenvalue weighted by molar-refractivity contribution is 6.31. The number of anilines is 2. The molecule has 0 heterocycles. The van der Waals surface area contributed by atoms with Crippen molar-refractivity contribution in [2.24, 2.45) is 0 Å². The zero-order valence-electron chi connectivity index (χ0n) is 12.1. The lowest BCUT2D eigenvalue weighted by Gasteiger charge is -2.24. The lowest BCUT2D eigenvalue weighted by molar-refractivity contribution is -0.115. The quantitative estimate of drug-likeness (QED) is 0.828. The number of ketones is 1. The molecule has 0 fully saturated rings. The van der Waals surface area contributed by atoms with Crippen molar-refractivity contribution >= 4 is 28.8 Å². The summed E-state index contributed by atoms with van der Waals surface area (Å²) in [5.74, 6) is 0.338. The standard InChI is InChI=1S/C18H17ClN2O/c19-14-6-7-18(17(20)10-14)21-15-8-13(9-16(22)11-15)12-4-2-1-3-5-12/h1-7,10-11,13,21H,8-9,20H2/t13-/m1/s1. The van der Waals surface area contributed by atoms with E-state index in [4.69, 9.17) is 17.3 Å². The van der Waals surface area contributed by atoms with Crippen LogP contribution in [0.5, 0.6) is 0 Å². The van der Waals surface area contributed by atoms with Crippen LogP contribution in [0.25, 0.3) is 0 Å². The molecule has 1 atom stereocenters. The van der Waals surface area contributed by atoms with E-state index < -0.39 is 0 Å². The molecule has 4 heteroatoms. The SMILES string of the molecule is Nc1cc(Cl)ccc1NC1=CC(=O)C[C@H](c2ccccc2)C1. The highest BCUT2D eigenvalue weighted by atomic mass is 35.5. The highest BCUT2D eigenvalue weighted by Gasteiger charge is 2.22. The number of benzene rings is 2. The van der Waals surface area contributed by atoms with Crippen LogP contribution in [0.4, 0.5) is 11.4 Å². The summed E-state index contributed by atoms with van der Waals surface area (Å²) in [6.45, 7) is 0. The van der Waals surface area contributed by atoms with E-state index in [-0.39, 0.29) is 11.7 Å². The predicted octanol–water partition coefficient (Wildman–Crippen LogP) is 4.36. The molecular weight excluding hydrogens is 296 g/mol. The molecule has 0 spiro atoms. The van der Waals surface area contributed by atoms with Gasteiger partial charge in [-0.3, -0.25) is 4.79 Å². The van der Waals surface area contributed by atoms with Crippen molar-refractivity contribution in [2.45, 2.75) is 18.8 Å². The molecule has 112 valence electrons. The van der Waals surface area contributed by atoms with Gasteiger partial charge in [-0.05, 0) is 36.1 Å². The van der Waals surface area contributed by atoms with Crippen LogP contribution in [0, 0.1) is 0 Å². The van der Waals surface area contributed by atoms with E-state index in [0.29, 0.717) is 17.1 Å². The van der Waals surface area contributed by atoms with Gasteiger partial charge in [0.2, 0.25) is 0 Å². The van der Waals surface area contributed by atoms with E-state index in [2.05, 4.69) is 17.4 Å². The summed E-state index contributed by atoms with van der Waals surface area (Å²) in [5, 5.41) is 3.86. The van der Waals surface area contributed by atoms with Crippen molar-refractivity contribution in [2.75, 3.05) is 11.1 Å². The second kappa shape index (κ2) is 6.24. The van der Waals surface area contributed by atoms with Gasteiger partial charge in [0.1, 0.15) is 0 Å². The van der Waals surface area contributed by atoms with Crippen LogP contribution >= 0.6 is 11.6 Å². The number of nitrogens with one attached hydrogen (secondary N) is 1. The maximum atomic E-state index is 12.0. The molecule has 0 bridgehead atoms. The minimum atomic E-state index is 0.134. The van der Waals surface area contributed by atoms with Crippen LogP contribution in [-0.4, -0.2) is 5.78 Å². The predicted molar refractivity (Wildman–Crippen MR) is 91.0 cm³/mol. The zero-order chi connectivity index (χ0) is 15.5. The first-order valence-electron chi connectivity index (χ1n) is 7.22. The number of halogens is 1. The Hall–Kier alpha value is -2.26. The molecule has 0 saturated carbocycles. The molecule has 3 N–H and O–H groups in total. The minimum Gasteiger partial charge on any atom is -0.397 e. The fraction of sp³-hybridized carbons (Fsp3) is 0.167. The molecule has 0 saturated heterocycles. The summed E-state index contributed by atoms with van der Waals surface area (Å²) < 4.78 is 0. The fourth-order valence-corrected chi connectivity index (χ4v) is 2.94. The Bertz CT molecular complexity index is 725. The van der Waals surface area contributed by atoms with Gasteiger partial charge in [0, 0.05) is 23.2 Å². The van der Waals surface area contributed by atoms with Crippen LogP contribution in [-0.2, 0) is 4.79 Å². The number of hydrogen-bond donors (Lipinski definition) is 2. The molecule has 2 aromatic carbocycles. The van der Waals surface area contributed by atoms with E-state index in [0.717, 1.165) is 17.8 Å². The largest absolute Gasteiger partial charge is 0.397 e. The molecule has 0 radical (unpaired) electrons. The number of nitrogen functional groups attached to an aromatic ring is 1. The van der Waals surface area contributed by atoms with Crippen LogP contribution in [0.1, 0.15) is 24.3 Å². The number of hydrogen-bond acceptors (Lipinski definition) is 3. The molecule has 3 nitrogen and oxygen atoms in total. The van der Waals surface area contributed by atoms with Crippen LogP contribution < -0.4 is 11.1 Å². The Morgan fingerprint density at radius 1 is 1.09 bits per heavy atom. The Morgan fingerprint density at radius 3 is 2.59 bits per heavy atom. The fourth-order valence-electron chi connectivity index (χ4n) is 2.76. The van der Waals surface area contributed by atoms with Gasteiger partial charge >= 0.3 is 0 Å². The van der Waals surface area contributed by atoms with Gasteiger partial charge < -0.3 is 11.1 Å². The van der Waals surface area contributed by atoms with Crippen molar-refractivity contribution < 1.29 is 4.79 Å². The Morgan fingerprint density at radius 2 is 1.86 bits per heavy atom. The Labute approximate surface area is 134 Å². The molecule has 22 heavy (non-hydrogen) atoms. The summed E-state index contributed by atoms with van der Waals surface area (Å²) >= 11 is 5.91. The lowest BCUT2D eigenvalue weighted by Crippen LogP contribution is -2.17. The first-order valence-corrected chi connectivity index (χ1v) is 7.60. The van der Waals surface area contributed by atoms with Gasteiger partial charge in [0.05, 0.1) is 11.4 Å². The Kier molecular flexibility index (Phi) is 4.16. The van der Waals surface area contributed by atoms with E-state index in [1.54, 1.807) is 18.2 Å². The van der Waals surface area contributed by atoms with Crippen LogP contribution in [0.15, 0.2) is 60.3 Å². The van der Waals surface area contributed by atoms with Gasteiger partial charge in [-0.2, -0.15) is 0 Å². The van der Waals surface area contributed by atoms with Gasteiger partial charge in [0.15, 0.2) is 5.78 Å². The van der Waals surface area contributed by atoms with Gasteiger partial charge in [-0.1, -0.05) is 41.9 Å². The van der Waals surface area contributed by atoms with Gasteiger partial charge in [-0.25, -0.2) is 0 Å². The van der Waals surface area contributed by atoms with Gasteiger partial charge in [-0.15, -0.1) is 0 Å². The van der Waals surface area contributed by atoms with Gasteiger partial charge in [0.25, 0.3) is 0 Å². The summed E-state index contributed by atoms with van der Waals surface area (Å²) in [5.41, 5.74) is 9.38. The second-order valence-electron chi connectivity index (χ2n) is 5.51. The Balaban J connectivity index is 1.80. The number of carbonyl (C=O) groups excluding carboxylic acids is 1. The van der Waals surface area contributed by atoms with Crippen molar-refractivity contribution in [1.29, 1.82) is 0 Å². The van der Waals surface area contributed by atoms with Crippen molar-refractivity contribution in [1.82, 2.24) is 0 Å². The third-order valence-corrected chi connectivity index (χ3v) is 4.06. The van der Waals surface area contributed by atoms with E-state index >= 15 is 0 Å². The average molecular weight is 313 g/mol. The molecule has 1 aliphatic carbocycles. The summed E-state index contributed by atoms with van der Waals surface area (Å²) in [7, 11) is 0. The highest BCUT2D eigenvalue weighted by Crippen LogP contribution is 2.33. The van der Waals surface area contributed by atoms with E-state index in [1.165, 1.54) is 5.56 Å². The summed E-state index contributed by atoms with van der Waals surface area (Å²) in [6, 6.07) is 15.4. The first-order chi connectivity index (χ1) is 10.6. The third kappa shape index (κ3) is 3.31. The monoisotopic (exact) mass is 312 g/mol. The molecule has 0 amide bonds. The molecule has 0 unspecified atom stereocenters. The number of carbonyl (C=O) groups is 1. The van der Waals surface area contributed by atoms with Crippen molar-refractivity contribution in [3.8, 4) is 0 Å². The molecular formula is C18H17ClN2O. The topological polar surface area (TPSA) is 55.1 Å². The minimum absolute atomic E-state index is 0.134. The normalized spacial score (nSPS) is 18.0. The van der Waals surface area contributed by atoms with Crippen LogP contribution in [0.3, 0.4) is 0 Å². The van der Waals surface area contributed by atoms with E-state index in [1.807, 2.05) is 24.3 Å². The van der Waals surface area contributed by atoms with Crippen LogP contribution in [0.2, 0.25) is 5.02 Å². The summed E-state index contributed by atoms with van der Waals surface area (Å²) in [6.07, 6.45) is 3.01.